The normalized spacial score (nSPS) is 24.6. The highest BCUT2D eigenvalue weighted by molar-refractivity contribution is 5.85. The van der Waals surface area contributed by atoms with Crippen LogP contribution in [-0.2, 0) is 11.2 Å². The molecule has 86 valence electrons. The van der Waals surface area contributed by atoms with E-state index in [9.17, 15) is 4.79 Å². The molecule has 1 saturated heterocycles. The average Bonchev–Trinajstić information content (AvgIpc) is 2.68. The van der Waals surface area contributed by atoms with E-state index in [1.165, 1.54) is 0 Å². The maximum absolute atomic E-state index is 12.1. The van der Waals surface area contributed by atoms with Crippen molar-refractivity contribution in [2.45, 2.75) is 13.3 Å². The van der Waals surface area contributed by atoms with Crippen LogP contribution < -0.4 is 11.1 Å². The second-order valence-electron chi connectivity index (χ2n) is 4.46. The second-order valence-corrected chi connectivity index (χ2v) is 4.46. The largest absolute Gasteiger partial charge is 0.398 e. The number of nitrogens with one attached hydrogen (secondary N) is 1. The maximum atomic E-state index is 12.1. The lowest BCUT2D eigenvalue weighted by Crippen LogP contribution is -2.23. The van der Waals surface area contributed by atoms with E-state index in [1.807, 2.05) is 0 Å². The summed E-state index contributed by atoms with van der Waals surface area (Å²) in [6.07, 6.45) is 3.72. The summed E-state index contributed by atoms with van der Waals surface area (Å²) in [6, 6.07) is 1.74. The van der Waals surface area contributed by atoms with Crippen molar-refractivity contribution in [2.75, 3.05) is 18.8 Å². The number of pyridine rings is 1. The zero-order valence-electron chi connectivity index (χ0n) is 9.44. The summed E-state index contributed by atoms with van der Waals surface area (Å²) in [5, 5.41) is 3.24. The summed E-state index contributed by atoms with van der Waals surface area (Å²) in [6.45, 7) is 3.83. The van der Waals surface area contributed by atoms with Gasteiger partial charge in [-0.15, -0.1) is 0 Å². The van der Waals surface area contributed by atoms with Gasteiger partial charge in [0.1, 0.15) is 5.78 Å². The van der Waals surface area contributed by atoms with E-state index in [4.69, 9.17) is 5.73 Å². The Kier molecular flexibility index (Phi) is 3.19. The van der Waals surface area contributed by atoms with Crippen molar-refractivity contribution in [1.29, 1.82) is 0 Å². The summed E-state index contributed by atoms with van der Waals surface area (Å²) in [7, 11) is 0. The molecule has 0 bridgehead atoms. The molecule has 2 heterocycles. The second kappa shape index (κ2) is 4.61. The van der Waals surface area contributed by atoms with Crippen LogP contribution in [0.1, 0.15) is 12.5 Å². The molecule has 0 radical (unpaired) electrons. The fourth-order valence-corrected chi connectivity index (χ4v) is 2.15. The van der Waals surface area contributed by atoms with Crippen molar-refractivity contribution in [3.63, 3.8) is 0 Å². The van der Waals surface area contributed by atoms with Gasteiger partial charge in [-0.2, -0.15) is 0 Å². The molecule has 4 nitrogen and oxygen atoms in total. The molecule has 1 aromatic rings. The van der Waals surface area contributed by atoms with Crippen LogP contribution >= 0.6 is 0 Å². The molecule has 16 heavy (non-hydrogen) atoms. The minimum absolute atomic E-state index is 0.125. The number of nitrogens with two attached hydrogens (primary N) is 1. The van der Waals surface area contributed by atoms with E-state index < -0.39 is 0 Å². The van der Waals surface area contributed by atoms with Crippen molar-refractivity contribution in [2.24, 2.45) is 11.8 Å². The molecule has 2 unspecified atom stereocenters. The van der Waals surface area contributed by atoms with Crippen LogP contribution in [0.15, 0.2) is 18.5 Å². The van der Waals surface area contributed by atoms with Gasteiger partial charge in [-0.25, -0.2) is 0 Å². The number of hydrogen-bond acceptors (Lipinski definition) is 4. The van der Waals surface area contributed by atoms with Crippen LogP contribution in [0.25, 0.3) is 0 Å². The van der Waals surface area contributed by atoms with Crippen LogP contribution in [0.4, 0.5) is 5.69 Å². The summed E-state index contributed by atoms with van der Waals surface area (Å²) in [5.74, 6) is 0.808. The number of carbonyl (C=O) groups is 1. The molecule has 1 aliphatic heterocycles. The van der Waals surface area contributed by atoms with E-state index in [0.29, 0.717) is 18.0 Å². The minimum Gasteiger partial charge on any atom is -0.398 e. The Morgan fingerprint density at radius 3 is 3.06 bits per heavy atom. The molecule has 1 fully saturated rings. The highest BCUT2D eigenvalue weighted by Crippen LogP contribution is 2.20. The third-order valence-corrected chi connectivity index (χ3v) is 3.24. The quantitative estimate of drug-likeness (QED) is 0.782. The van der Waals surface area contributed by atoms with Crippen molar-refractivity contribution >= 4 is 11.5 Å². The topological polar surface area (TPSA) is 68.0 Å². The molecule has 2 atom stereocenters. The molecule has 0 saturated carbocycles. The van der Waals surface area contributed by atoms with Crippen molar-refractivity contribution in [3.05, 3.63) is 24.0 Å². The molecule has 4 heteroatoms. The van der Waals surface area contributed by atoms with Crippen LogP contribution in [-0.4, -0.2) is 23.9 Å². The van der Waals surface area contributed by atoms with E-state index in [1.54, 1.807) is 18.5 Å². The van der Waals surface area contributed by atoms with Crippen LogP contribution in [0.2, 0.25) is 0 Å². The molecule has 1 aromatic heterocycles. The lowest BCUT2D eigenvalue weighted by molar-refractivity contribution is -0.122. The lowest BCUT2D eigenvalue weighted by Gasteiger charge is -2.13. The summed E-state index contributed by atoms with van der Waals surface area (Å²) < 4.78 is 0. The molecule has 0 aromatic carbocycles. The predicted molar refractivity (Wildman–Crippen MR) is 62.9 cm³/mol. The smallest absolute Gasteiger partial charge is 0.142 e. The maximum Gasteiger partial charge on any atom is 0.142 e. The first-order valence-corrected chi connectivity index (χ1v) is 5.60. The van der Waals surface area contributed by atoms with Gasteiger partial charge in [0.15, 0.2) is 0 Å². The number of anilines is 1. The first-order chi connectivity index (χ1) is 7.68. The number of Topliss-reactive ketones (excluding diaryl/α,β-unsaturated/α-hetero) is 1. The van der Waals surface area contributed by atoms with Gasteiger partial charge >= 0.3 is 0 Å². The molecule has 0 spiro atoms. The van der Waals surface area contributed by atoms with Crippen molar-refractivity contribution in [3.8, 4) is 0 Å². The summed E-state index contributed by atoms with van der Waals surface area (Å²) >= 11 is 0. The lowest BCUT2D eigenvalue weighted by atomic mass is 9.90. The number of hydrogen-bond donors (Lipinski definition) is 2. The van der Waals surface area contributed by atoms with E-state index in [0.717, 1.165) is 18.7 Å². The monoisotopic (exact) mass is 219 g/mol. The molecule has 1 aliphatic rings. The minimum atomic E-state index is 0.125. The van der Waals surface area contributed by atoms with Crippen molar-refractivity contribution in [1.82, 2.24) is 10.3 Å². The van der Waals surface area contributed by atoms with Gasteiger partial charge in [0.25, 0.3) is 0 Å². The molecular weight excluding hydrogens is 202 g/mol. The summed E-state index contributed by atoms with van der Waals surface area (Å²) in [4.78, 5) is 16.1. The number of rotatable bonds is 3. The number of nitrogen functional groups attached to an aromatic ring is 1. The van der Waals surface area contributed by atoms with E-state index in [2.05, 4.69) is 17.2 Å². The Labute approximate surface area is 95.3 Å². The van der Waals surface area contributed by atoms with Crippen LogP contribution in [0.5, 0.6) is 0 Å². The zero-order chi connectivity index (χ0) is 11.5. The summed E-state index contributed by atoms with van der Waals surface area (Å²) in [5.41, 5.74) is 7.29. The fraction of sp³-hybridized carbons (Fsp3) is 0.500. The van der Waals surface area contributed by atoms with E-state index in [-0.39, 0.29) is 11.7 Å². The van der Waals surface area contributed by atoms with Gasteiger partial charge < -0.3 is 11.1 Å². The standard InChI is InChI=1S/C12H17N3O/c1-8-5-15-7-10(8)12(16)4-9-6-14-3-2-11(9)13/h2-3,6,8,10,15H,4-5,7H2,1H3,(H2,13,14). The SMILES string of the molecule is CC1CNCC1C(=O)Cc1cnccc1N. The number of nitrogens with zero attached hydrogens (tertiary/aromatic N) is 1. The Hall–Kier alpha value is -1.42. The fourth-order valence-electron chi connectivity index (χ4n) is 2.15. The molecule has 0 aliphatic carbocycles. The third-order valence-electron chi connectivity index (χ3n) is 3.24. The first kappa shape index (κ1) is 11.1. The van der Waals surface area contributed by atoms with Gasteiger partial charge in [0, 0.05) is 42.5 Å². The van der Waals surface area contributed by atoms with Crippen LogP contribution in [0, 0.1) is 11.8 Å². The van der Waals surface area contributed by atoms with Gasteiger partial charge in [0.05, 0.1) is 0 Å². The van der Waals surface area contributed by atoms with Gasteiger partial charge in [-0.05, 0) is 18.5 Å². The zero-order valence-corrected chi connectivity index (χ0v) is 9.44. The highest BCUT2D eigenvalue weighted by Gasteiger charge is 2.29. The molecular formula is C12H17N3O. The molecule has 0 amide bonds. The van der Waals surface area contributed by atoms with E-state index >= 15 is 0 Å². The Bertz CT molecular complexity index is 392. The number of ketones is 1. The predicted octanol–water partition coefficient (Wildman–Crippen LogP) is 0.631. The number of aromatic nitrogens is 1. The third kappa shape index (κ3) is 2.22. The van der Waals surface area contributed by atoms with Gasteiger partial charge in [-0.1, -0.05) is 6.92 Å². The highest BCUT2D eigenvalue weighted by atomic mass is 16.1. The van der Waals surface area contributed by atoms with Gasteiger partial charge in [0.2, 0.25) is 0 Å². The Morgan fingerprint density at radius 2 is 2.44 bits per heavy atom. The molecule has 2 rings (SSSR count). The molecule has 3 N–H and O–H groups in total. The first-order valence-electron chi connectivity index (χ1n) is 5.60. The Balaban J connectivity index is 2.05. The average molecular weight is 219 g/mol. The van der Waals surface area contributed by atoms with Crippen LogP contribution in [0.3, 0.4) is 0 Å². The Morgan fingerprint density at radius 1 is 1.62 bits per heavy atom. The van der Waals surface area contributed by atoms with Gasteiger partial charge in [-0.3, -0.25) is 9.78 Å². The number of carbonyl (C=O) groups excluding carboxylic acids is 1. The van der Waals surface area contributed by atoms with Crippen molar-refractivity contribution < 1.29 is 4.79 Å².